The van der Waals surface area contributed by atoms with Crippen molar-refractivity contribution < 1.29 is 8.85 Å². The summed E-state index contributed by atoms with van der Waals surface area (Å²) >= 11 is 0. The Morgan fingerprint density at radius 3 is 1.30 bits per heavy atom. The van der Waals surface area contributed by atoms with Crippen molar-refractivity contribution in [2.45, 2.75) is 130 Å². The van der Waals surface area contributed by atoms with Gasteiger partial charge in [0.2, 0.25) is 19.5 Å². The summed E-state index contributed by atoms with van der Waals surface area (Å²) in [5, 5.41) is 8.92. The van der Waals surface area contributed by atoms with Crippen molar-refractivity contribution in [3.8, 4) is 34.3 Å². The standard InChI is InChI=1S/C36H58N4O2Si2/c1-7-9-13-27(3)15-11-17-29(5)43-41-35-23-19-31(25-37-35)33-21-22-34(40-39-33)32-20-24-36(38-26-32)42-44-30(6)18-12-16-28(4)14-10-8-2/h19-30H,7-18,43-44H2,1-6H3. The number of hydrogen-bond donors (Lipinski definition) is 0. The Labute approximate surface area is 272 Å². The fraction of sp³-hybridized carbons (Fsp3) is 0.611. The molecule has 242 valence electrons. The molecule has 0 bridgehead atoms. The minimum absolute atomic E-state index is 0.657. The summed E-state index contributed by atoms with van der Waals surface area (Å²) in [6.07, 6.45) is 19.5. The van der Waals surface area contributed by atoms with Gasteiger partial charge in [0.15, 0.2) is 11.8 Å². The van der Waals surface area contributed by atoms with E-state index in [1.807, 2.05) is 48.8 Å². The second-order valence-corrected chi connectivity index (χ2v) is 17.3. The summed E-state index contributed by atoms with van der Waals surface area (Å²) in [5.41, 5.74) is 4.78. The van der Waals surface area contributed by atoms with E-state index in [9.17, 15) is 0 Å². The summed E-state index contributed by atoms with van der Waals surface area (Å²) in [6.45, 7) is 14.0. The Hall–Kier alpha value is -2.59. The van der Waals surface area contributed by atoms with Crippen LogP contribution in [0, 0.1) is 11.8 Å². The number of rotatable bonds is 22. The van der Waals surface area contributed by atoms with E-state index in [4.69, 9.17) is 8.85 Å². The lowest BCUT2D eigenvalue weighted by atomic mass is 9.98. The molecule has 44 heavy (non-hydrogen) atoms. The van der Waals surface area contributed by atoms with Crippen molar-refractivity contribution >= 4 is 19.5 Å². The van der Waals surface area contributed by atoms with Gasteiger partial charge in [0.25, 0.3) is 0 Å². The van der Waals surface area contributed by atoms with Crippen LogP contribution in [0.2, 0.25) is 11.1 Å². The predicted molar refractivity (Wildman–Crippen MR) is 191 cm³/mol. The average Bonchev–Trinajstić information content (AvgIpc) is 3.05. The third kappa shape index (κ3) is 13.6. The first-order valence-electron chi connectivity index (χ1n) is 17.4. The maximum atomic E-state index is 6.11. The van der Waals surface area contributed by atoms with Crippen LogP contribution in [0.15, 0.2) is 48.8 Å². The van der Waals surface area contributed by atoms with Crippen LogP contribution in [-0.2, 0) is 0 Å². The topological polar surface area (TPSA) is 70.0 Å². The summed E-state index contributed by atoms with van der Waals surface area (Å²) in [7, 11) is -1.31. The van der Waals surface area contributed by atoms with Gasteiger partial charge in [-0.2, -0.15) is 0 Å². The Balaban J connectivity index is 1.39. The van der Waals surface area contributed by atoms with Crippen LogP contribution in [-0.4, -0.2) is 39.7 Å². The number of pyridine rings is 2. The zero-order valence-corrected chi connectivity index (χ0v) is 31.3. The first-order valence-corrected chi connectivity index (χ1v) is 20.2. The van der Waals surface area contributed by atoms with Gasteiger partial charge in [-0.15, -0.1) is 10.2 Å². The first kappa shape index (κ1) is 35.9. The minimum atomic E-state index is -0.657. The lowest BCUT2D eigenvalue weighted by Gasteiger charge is -2.14. The molecule has 0 aliphatic heterocycles. The van der Waals surface area contributed by atoms with Crippen molar-refractivity contribution in [3.05, 3.63) is 48.8 Å². The quantitative estimate of drug-likeness (QED) is 0.103. The Kier molecular flexibility index (Phi) is 16.7. The monoisotopic (exact) mass is 634 g/mol. The van der Waals surface area contributed by atoms with E-state index in [2.05, 4.69) is 61.7 Å². The fourth-order valence-corrected chi connectivity index (χ4v) is 7.68. The second kappa shape index (κ2) is 20.4. The summed E-state index contributed by atoms with van der Waals surface area (Å²) in [6, 6.07) is 11.9. The Morgan fingerprint density at radius 2 is 0.955 bits per heavy atom. The number of hydrogen-bond acceptors (Lipinski definition) is 6. The average molecular weight is 635 g/mol. The molecular weight excluding hydrogens is 577 g/mol. The number of unbranched alkanes of at least 4 members (excludes halogenated alkanes) is 2. The molecule has 0 radical (unpaired) electrons. The van der Waals surface area contributed by atoms with E-state index in [1.54, 1.807) is 0 Å². The highest BCUT2D eigenvalue weighted by Gasteiger charge is 2.11. The van der Waals surface area contributed by atoms with Gasteiger partial charge in [0, 0.05) is 23.5 Å². The fourth-order valence-electron chi connectivity index (χ4n) is 5.52. The molecular formula is C36H58N4O2Si2. The maximum Gasteiger partial charge on any atom is 0.224 e. The highest BCUT2D eigenvalue weighted by molar-refractivity contribution is 6.30. The minimum Gasteiger partial charge on any atom is -0.536 e. The highest BCUT2D eigenvalue weighted by atomic mass is 28.2. The van der Waals surface area contributed by atoms with Gasteiger partial charge in [0.05, 0.1) is 11.4 Å². The van der Waals surface area contributed by atoms with Crippen LogP contribution < -0.4 is 8.85 Å². The summed E-state index contributed by atoms with van der Waals surface area (Å²) in [4.78, 5) is 9.10. The van der Waals surface area contributed by atoms with Gasteiger partial charge >= 0.3 is 0 Å². The molecule has 0 spiro atoms. The molecule has 0 fully saturated rings. The molecule has 0 saturated carbocycles. The number of nitrogens with zero attached hydrogens (tertiary/aromatic N) is 4. The molecule has 3 heterocycles. The van der Waals surface area contributed by atoms with Gasteiger partial charge in [0.1, 0.15) is 0 Å². The van der Waals surface area contributed by atoms with Crippen molar-refractivity contribution in [2.24, 2.45) is 11.8 Å². The molecule has 4 atom stereocenters. The van der Waals surface area contributed by atoms with Gasteiger partial charge in [-0.3, -0.25) is 0 Å². The largest absolute Gasteiger partial charge is 0.536 e. The second-order valence-electron chi connectivity index (χ2n) is 13.3. The van der Waals surface area contributed by atoms with E-state index in [0.717, 1.165) is 46.1 Å². The van der Waals surface area contributed by atoms with Crippen molar-refractivity contribution in [3.63, 3.8) is 0 Å². The molecule has 3 rings (SSSR count). The molecule has 0 aliphatic rings. The lowest BCUT2D eigenvalue weighted by molar-refractivity contribution is 0.443. The molecule has 0 N–H and O–H groups in total. The molecule has 0 amide bonds. The van der Waals surface area contributed by atoms with Crippen LogP contribution in [0.25, 0.3) is 22.5 Å². The molecule has 8 heteroatoms. The zero-order valence-electron chi connectivity index (χ0n) is 28.4. The van der Waals surface area contributed by atoms with E-state index in [0.29, 0.717) is 11.1 Å². The first-order chi connectivity index (χ1) is 21.4. The van der Waals surface area contributed by atoms with Crippen molar-refractivity contribution in [2.75, 3.05) is 0 Å². The lowest BCUT2D eigenvalue weighted by Crippen LogP contribution is -2.10. The van der Waals surface area contributed by atoms with E-state index >= 15 is 0 Å². The molecule has 4 unspecified atom stereocenters. The normalized spacial score (nSPS) is 14.7. The Morgan fingerprint density at radius 1 is 0.545 bits per heavy atom. The third-order valence-electron chi connectivity index (χ3n) is 8.65. The molecule has 3 aromatic rings. The SMILES string of the molecule is CCCCC(C)CCCC(C)[SiH2]Oc1ccc(-c2ccc(-c3ccc(O[SiH2]C(C)CCCC(C)CCCC)nc3)nn2)cn1. The number of aromatic nitrogens is 4. The smallest absolute Gasteiger partial charge is 0.224 e. The molecule has 0 aliphatic carbocycles. The van der Waals surface area contributed by atoms with Crippen LogP contribution in [0.4, 0.5) is 0 Å². The van der Waals surface area contributed by atoms with E-state index in [-0.39, 0.29) is 0 Å². The third-order valence-corrected chi connectivity index (χ3v) is 11.5. The van der Waals surface area contributed by atoms with Crippen LogP contribution in [0.3, 0.4) is 0 Å². The van der Waals surface area contributed by atoms with Crippen LogP contribution in [0.1, 0.15) is 119 Å². The molecule has 0 aromatic carbocycles. The maximum absolute atomic E-state index is 6.11. The molecule has 6 nitrogen and oxygen atoms in total. The summed E-state index contributed by atoms with van der Waals surface area (Å²) in [5.74, 6) is 3.13. The highest BCUT2D eigenvalue weighted by Crippen LogP contribution is 2.24. The molecule has 3 aromatic heterocycles. The van der Waals surface area contributed by atoms with Crippen LogP contribution in [0.5, 0.6) is 11.8 Å². The van der Waals surface area contributed by atoms with Gasteiger partial charge in [-0.25, -0.2) is 9.97 Å². The predicted octanol–water partition coefficient (Wildman–Crippen LogP) is 9.14. The van der Waals surface area contributed by atoms with Gasteiger partial charge < -0.3 is 8.85 Å². The Bertz CT molecular complexity index is 1070. The van der Waals surface area contributed by atoms with Crippen molar-refractivity contribution in [1.29, 1.82) is 0 Å². The summed E-state index contributed by atoms with van der Waals surface area (Å²) < 4.78 is 12.2. The molecule has 0 saturated heterocycles. The van der Waals surface area contributed by atoms with E-state index < -0.39 is 19.5 Å². The van der Waals surface area contributed by atoms with Gasteiger partial charge in [-0.1, -0.05) is 119 Å². The van der Waals surface area contributed by atoms with E-state index in [1.165, 1.54) is 77.0 Å². The van der Waals surface area contributed by atoms with Crippen LogP contribution >= 0.6 is 0 Å². The van der Waals surface area contributed by atoms with Crippen molar-refractivity contribution in [1.82, 2.24) is 20.2 Å². The van der Waals surface area contributed by atoms with Gasteiger partial charge in [-0.05, 0) is 59.3 Å². The zero-order chi connectivity index (χ0) is 31.6.